The lowest BCUT2D eigenvalue weighted by Crippen LogP contribution is -2.46. The van der Waals surface area contributed by atoms with Crippen LogP contribution in [0.2, 0.25) is 0 Å². The van der Waals surface area contributed by atoms with Crippen LogP contribution in [0.1, 0.15) is 64.2 Å². The quantitative estimate of drug-likeness (QED) is 0.731. The second kappa shape index (κ2) is 10.3. The zero-order valence-corrected chi connectivity index (χ0v) is 16.0. The first-order chi connectivity index (χ1) is 11.9. The average Bonchev–Trinajstić information content (AvgIpc) is 3.25. The molecule has 6 heteroatoms. The molecule has 4 nitrogen and oxygen atoms in total. The topological polar surface area (TPSA) is 41.9 Å². The Bertz CT molecular complexity index is 461. The van der Waals surface area contributed by atoms with Gasteiger partial charge in [-0.2, -0.15) is 0 Å². The van der Waals surface area contributed by atoms with Gasteiger partial charge in [-0.3, -0.25) is 0 Å². The maximum atomic E-state index is 4.43. The Labute approximate surface area is 154 Å². The summed E-state index contributed by atoms with van der Waals surface area (Å²) in [5.74, 6) is 0.911. The molecule has 132 valence electrons. The highest BCUT2D eigenvalue weighted by molar-refractivity contribution is 8.21. The van der Waals surface area contributed by atoms with Gasteiger partial charge < -0.3 is 4.90 Å². The third-order valence-corrected chi connectivity index (χ3v) is 6.95. The smallest absolute Gasteiger partial charge is 0.228 e. The second-order valence-electron chi connectivity index (χ2n) is 6.65. The Balaban J connectivity index is 0.000000290. The summed E-state index contributed by atoms with van der Waals surface area (Å²) in [6.45, 7) is 0. The Kier molecular flexibility index (Phi) is 7.74. The zero-order valence-electron chi connectivity index (χ0n) is 14.3. The number of anilines is 1. The van der Waals surface area contributed by atoms with Crippen molar-refractivity contribution in [3.05, 3.63) is 23.5 Å². The first-order valence-corrected chi connectivity index (χ1v) is 11.3. The number of aromatic nitrogens is 3. The van der Waals surface area contributed by atoms with Crippen molar-refractivity contribution in [1.29, 1.82) is 0 Å². The molecule has 2 heterocycles. The summed E-state index contributed by atoms with van der Waals surface area (Å²) >= 11 is 3.71. The van der Waals surface area contributed by atoms with Gasteiger partial charge in [-0.05, 0) is 36.5 Å². The van der Waals surface area contributed by atoms with Gasteiger partial charge in [-0.1, -0.05) is 38.5 Å². The van der Waals surface area contributed by atoms with E-state index in [0.717, 1.165) is 5.95 Å². The monoisotopic (exact) mass is 364 g/mol. The Hall–Kier alpha value is -0.750. The maximum absolute atomic E-state index is 4.43. The van der Waals surface area contributed by atoms with Crippen molar-refractivity contribution in [3.8, 4) is 0 Å². The van der Waals surface area contributed by atoms with Crippen molar-refractivity contribution in [3.63, 3.8) is 0 Å². The largest absolute Gasteiger partial charge is 0.335 e. The molecule has 0 radical (unpaired) electrons. The zero-order chi connectivity index (χ0) is 16.5. The van der Waals surface area contributed by atoms with Crippen molar-refractivity contribution >= 4 is 29.5 Å². The van der Waals surface area contributed by atoms with Gasteiger partial charge in [-0.25, -0.2) is 15.0 Å². The molecule has 1 aromatic heterocycles. The lowest BCUT2D eigenvalue weighted by atomic mass is 9.89. The number of hydrogen-bond donors (Lipinski definition) is 0. The van der Waals surface area contributed by atoms with E-state index in [1.54, 1.807) is 12.7 Å². The van der Waals surface area contributed by atoms with Crippen LogP contribution in [0.25, 0.3) is 0 Å². The van der Waals surface area contributed by atoms with Crippen LogP contribution in [-0.4, -0.2) is 32.1 Å². The fourth-order valence-corrected chi connectivity index (χ4v) is 5.48. The average molecular weight is 365 g/mol. The van der Waals surface area contributed by atoms with Crippen LogP contribution in [0.15, 0.2) is 23.5 Å². The highest BCUT2D eigenvalue weighted by Gasteiger charge is 2.30. The van der Waals surface area contributed by atoms with Gasteiger partial charge in [0.05, 0.1) is 0 Å². The minimum atomic E-state index is 0.652. The molecule has 0 spiro atoms. The van der Waals surface area contributed by atoms with E-state index in [9.17, 15) is 0 Å². The van der Waals surface area contributed by atoms with Crippen LogP contribution >= 0.6 is 23.5 Å². The van der Waals surface area contributed by atoms with E-state index in [2.05, 4.69) is 30.7 Å². The molecule has 0 bridgehead atoms. The second-order valence-corrected chi connectivity index (χ2v) is 8.81. The summed E-state index contributed by atoms with van der Waals surface area (Å²) < 4.78 is 0. The minimum absolute atomic E-state index is 0.652. The number of thioether (sulfide) groups is 2. The molecule has 2 aliphatic carbocycles. The minimum Gasteiger partial charge on any atom is -0.335 e. The van der Waals surface area contributed by atoms with Crippen LogP contribution in [0, 0.1) is 0 Å². The van der Waals surface area contributed by atoms with Gasteiger partial charge in [0, 0.05) is 17.2 Å². The molecule has 0 N–H and O–H groups in total. The Morgan fingerprint density at radius 2 is 1.25 bits per heavy atom. The molecular weight excluding hydrogens is 336 g/mol. The van der Waals surface area contributed by atoms with Crippen LogP contribution in [-0.2, 0) is 0 Å². The predicted octanol–water partition coefficient (Wildman–Crippen LogP) is 5.24. The standard InChI is InChI=1S/C15H24N4.C3H4S2/c1-3-7-13(8-4-1)19(14-9-5-2-6-10-14)15-17-11-16-12-18-15;1-2-5-3-4-1/h11-14H,1-10H2;1-2H,3H2. The van der Waals surface area contributed by atoms with Gasteiger partial charge >= 0.3 is 0 Å². The van der Waals surface area contributed by atoms with E-state index in [1.165, 1.54) is 69.3 Å². The molecule has 2 fully saturated rings. The molecule has 1 aliphatic heterocycles. The van der Waals surface area contributed by atoms with Crippen molar-refractivity contribution < 1.29 is 0 Å². The summed E-state index contributed by atoms with van der Waals surface area (Å²) in [5.41, 5.74) is 0. The van der Waals surface area contributed by atoms with E-state index >= 15 is 0 Å². The van der Waals surface area contributed by atoms with Crippen molar-refractivity contribution in [2.45, 2.75) is 76.3 Å². The lowest BCUT2D eigenvalue weighted by molar-refractivity contribution is 0.335. The van der Waals surface area contributed by atoms with Crippen LogP contribution in [0.4, 0.5) is 5.95 Å². The molecule has 0 amide bonds. The van der Waals surface area contributed by atoms with Crippen LogP contribution in [0.5, 0.6) is 0 Å². The fraction of sp³-hybridized carbons (Fsp3) is 0.722. The molecule has 0 saturated heterocycles. The van der Waals surface area contributed by atoms with E-state index in [1.807, 2.05) is 23.5 Å². The van der Waals surface area contributed by atoms with Crippen LogP contribution < -0.4 is 4.90 Å². The van der Waals surface area contributed by atoms with Gasteiger partial charge in [0.2, 0.25) is 5.95 Å². The molecule has 0 unspecified atom stereocenters. The summed E-state index contributed by atoms with van der Waals surface area (Å²) in [5, 5.41) is 5.45. The first kappa shape index (κ1) is 18.1. The molecule has 24 heavy (non-hydrogen) atoms. The van der Waals surface area contributed by atoms with E-state index in [4.69, 9.17) is 0 Å². The Morgan fingerprint density at radius 3 is 1.67 bits per heavy atom. The molecule has 4 rings (SSSR count). The highest BCUT2D eigenvalue weighted by Crippen LogP contribution is 2.32. The molecule has 3 aliphatic rings. The van der Waals surface area contributed by atoms with E-state index in [0.29, 0.717) is 12.1 Å². The summed E-state index contributed by atoms with van der Waals surface area (Å²) in [6, 6.07) is 1.30. The normalized spacial score (nSPS) is 22.0. The molecule has 0 aromatic carbocycles. The Morgan fingerprint density at radius 1 is 0.750 bits per heavy atom. The lowest BCUT2D eigenvalue weighted by Gasteiger charge is -2.41. The maximum Gasteiger partial charge on any atom is 0.228 e. The van der Waals surface area contributed by atoms with Crippen LogP contribution in [0.3, 0.4) is 0 Å². The van der Waals surface area contributed by atoms with Crippen molar-refractivity contribution in [2.24, 2.45) is 0 Å². The van der Waals surface area contributed by atoms with Crippen molar-refractivity contribution in [2.75, 3.05) is 9.98 Å². The molecule has 0 atom stereocenters. The number of rotatable bonds is 3. The van der Waals surface area contributed by atoms with Gasteiger partial charge in [0.25, 0.3) is 0 Å². The number of hydrogen-bond acceptors (Lipinski definition) is 6. The highest BCUT2D eigenvalue weighted by atomic mass is 32.2. The molecular formula is C18H28N4S2. The predicted molar refractivity (Wildman–Crippen MR) is 105 cm³/mol. The SMILES string of the molecule is C1=CSCS1.c1ncnc(N(C2CCCCC2)C2CCCCC2)n1. The summed E-state index contributed by atoms with van der Waals surface area (Å²) in [4.78, 5) is 15.4. The fourth-order valence-electron chi connectivity index (χ4n) is 3.91. The summed E-state index contributed by atoms with van der Waals surface area (Å²) in [7, 11) is 0. The molecule has 1 aromatic rings. The third kappa shape index (κ3) is 5.38. The van der Waals surface area contributed by atoms with Crippen molar-refractivity contribution in [1.82, 2.24) is 15.0 Å². The third-order valence-electron chi connectivity index (χ3n) is 5.03. The van der Waals surface area contributed by atoms with Gasteiger partial charge in [-0.15, -0.1) is 23.5 Å². The van der Waals surface area contributed by atoms with E-state index < -0.39 is 0 Å². The van der Waals surface area contributed by atoms with E-state index in [-0.39, 0.29) is 0 Å². The number of nitrogens with zero attached hydrogens (tertiary/aromatic N) is 4. The van der Waals surface area contributed by atoms with Gasteiger partial charge in [0.15, 0.2) is 0 Å². The molecule has 2 saturated carbocycles. The first-order valence-electron chi connectivity index (χ1n) is 9.24. The summed E-state index contributed by atoms with van der Waals surface area (Å²) in [6.07, 6.45) is 16.7. The van der Waals surface area contributed by atoms with Gasteiger partial charge in [0.1, 0.15) is 12.7 Å².